The van der Waals surface area contributed by atoms with Gasteiger partial charge in [0.15, 0.2) is 17.3 Å². The predicted molar refractivity (Wildman–Crippen MR) is 129 cm³/mol. The monoisotopic (exact) mass is 460 g/mol. The fraction of sp³-hybridized carbons (Fsp3) is 0.440. The molecule has 4 heterocycles. The summed E-state index contributed by atoms with van der Waals surface area (Å²) in [6.07, 6.45) is 3.92. The highest BCUT2D eigenvalue weighted by atomic mass is 32.2. The minimum Gasteiger partial charge on any atom is -0.440 e. The zero-order valence-corrected chi connectivity index (χ0v) is 20.1. The Labute approximate surface area is 197 Å². The van der Waals surface area contributed by atoms with Crippen molar-refractivity contribution in [2.24, 2.45) is 13.0 Å². The van der Waals surface area contributed by atoms with Gasteiger partial charge in [-0.05, 0) is 62.9 Å². The number of piperidine rings is 1. The standard InChI is InChI=1S/C25H28N6OS/c1-16-5-6-18-11-19(7-8-21(18)27-16)25-12-20(25)13-31(14-25)9-4-10-33-24-29-28-23(30(24)3)22-17(2)26-15-32-22/h5-8,11,15,20H,4,9-10,12-14H2,1-3H3. The number of aromatic nitrogens is 5. The number of likely N-dealkylation sites (tertiary alicyclic amines) is 1. The van der Waals surface area contributed by atoms with Crippen molar-refractivity contribution < 1.29 is 4.42 Å². The lowest BCUT2D eigenvalue weighted by atomic mass is 9.93. The van der Waals surface area contributed by atoms with Crippen molar-refractivity contribution in [3.05, 3.63) is 53.7 Å². The van der Waals surface area contributed by atoms with Crippen molar-refractivity contribution in [2.75, 3.05) is 25.4 Å². The second-order valence-corrected chi connectivity index (χ2v) is 10.5. The largest absolute Gasteiger partial charge is 0.440 e. The van der Waals surface area contributed by atoms with Crippen molar-refractivity contribution >= 4 is 22.7 Å². The third-order valence-corrected chi connectivity index (χ3v) is 8.36. The van der Waals surface area contributed by atoms with E-state index in [9.17, 15) is 0 Å². The lowest BCUT2D eigenvalue weighted by molar-refractivity contribution is 0.299. The Morgan fingerprint density at radius 1 is 1.18 bits per heavy atom. The van der Waals surface area contributed by atoms with Crippen LogP contribution in [0.2, 0.25) is 0 Å². The number of hydrogen-bond acceptors (Lipinski definition) is 7. The first kappa shape index (κ1) is 20.9. The van der Waals surface area contributed by atoms with Crippen LogP contribution in [-0.2, 0) is 12.5 Å². The van der Waals surface area contributed by atoms with Crippen LogP contribution in [0.5, 0.6) is 0 Å². The summed E-state index contributed by atoms with van der Waals surface area (Å²) in [5.74, 6) is 3.25. The minimum atomic E-state index is 0.361. The van der Waals surface area contributed by atoms with Crippen molar-refractivity contribution in [3.63, 3.8) is 0 Å². The highest BCUT2D eigenvalue weighted by molar-refractivity contribution is 7.99. The van der Waals surface area contributed by atoms with Gasteiger partial charge < -0.3 is 13.9 Å². The number of thioether (sulfide) groups is 1. The van der Waals surface area contributed by atoms with E-state index in [4.69, 9.17) is 4.42 Å². The summed E-state index contributed by atoms with van der Waals surface area (Å²) in [5, 5.41) is 10.8. The van der Waals surface area contributed by atoms with Crippen LogP contribution in [0.15, 0.2) is 46.3 Å². The molecular formula is C25H28N6OS. The van der Waals surface area contributed by atoms with E-state index >= 15 is 0 Å². The van der Waals surface area contributed by atoms with Crippen molar-refractivity contribution in [2.45, 2.75) is 37.3 Å². The molecule has 33 heavy (non-hydrogen) atoms. The molecule has 2 aliphatic rings. The van der Waals surface area contributed by atoms with Crippen LogP contribution in [0, 0.1) is 19.8 Å². The van der Waals surface area contributed by atoms with Crippen molar-refractivity contribution in [1.29, 1.82) is 0 Å². The number of nitrogens with zero attached hydrogens (tertiary/aromatic N) is 6. The lowest BCUT2D eigenvalue weighted by Crippen LogP contribution is -2.27. The maximum absolute atomic E-state index is 5.47. The molecule has 1 aliphatic carbocycles. The zero-order valence-electron chi connectivity index (χ0n) is 19.3. The third-order valence-electron chi connectivity index (χ3n) is 7.25. The van der Waals surface area contributed by atoms with Gasteiger partial charge >= 0.3 is 0 Å². The van der Waals surface area contributed by atoms with E-state index < -0.39 is 0 Å². The van der Waals surface area contributed by atoms with Gasteiger partial charge in [-0.1, -0.05) is 23.9 Å². The van der Waals surface area contributed by atoms with Gasteiger partial charge in [-0.15, -0.1) is 10.2 Å². The Morgan fingerprint density at radius 2 is 2.09 bits per heavy atom. The molecule has 6 rings (SSSR count). The maximum Gasteiger partial charge on any atom is 0.202 e. The van der Waals surface area contributed by atoms with Crippen LogP contribution in [0.3, 0.4) is 0 Å². The Balaban J connectivity index is 1.05. The number of benzene rings is 1. The average molecular weight is 461 g/mol. The van der Waals surface area contributed by atoms with E-state index in [-0.39, 0.29) is 0 Å². The van der Waals surface area contributed by atoms with Crippen LogP contribution in [0.1, 0.15) is 29.8 Å². The third kappa shape index (κ3) is 3.65. The summed E-state index contributed by atoms with van der Waals surface area (Å²) in [6, 6.07) is 11.2. The first-order valence-electron chi connectivity index (χ1n) is 11.6. The van der Waals surface area contributed by atoms with Gasteiger partial charge in [0.2, 0.25) is 5.82 Å². The number of rotatable bonds is 7. The Bertz CT molecular complexity index is 1330. The molecule has 2 unspecified atom stereocenters. The number of oxazole rings is 1. The minimum absolute atomic E-state index is 0.361. The Hall–Kier alpha value is -2.71. The lowest BCUT2D eigenvalue weighted by Gasteiger charge is -2.21. The highest BCUT2D eigenvalue weighted by Gasteiger charge is 2.60. The summed E-state index contributed by atoms with van der Waals surface area (Å²) >= 11 is 1.76. The first-order chi connectivity index (χ1) is 16.0. The highest BCUT2D eigenvalue weighted by Crippen LogP contribution is 2.59. The summed E-state index contributed by atoms with van der Waals surface area (Å²) in [5.41, 5.74) is 4.87. The Morgan fingerprint density at radius 3 is 2.94 bits per heavy atom. The molecular weight excluding hydrogens is 432 g/mol. The van der Waals surface area contributed by atoms with Crippen molar-refractivity contribution in [3.8, 4) is 11.6 Å². The molecule has 0 spiro atoms. The molecule has 4 aromatic rings. The molecule has 1 saturated carbocycles. The molecule has 3 aromatic heterocycles. The van der Waals surface area contributed by atoms with Gasteiger partial charge in [-0.3, -0.25) is 4.98 Å². The second-order valence-electron chi connectivity index (χ2n) is 9.49. The second kappa shape index (κ2) is 7.95. The fourth-order valence-electron chi connectivity index (χ4n) is 5.35. The van der Waals surface area contributed by atoms with Crippen molar-refractivity contribution in [1.82, 2.24) is 29.6 Å². The molecule has 2 atom stereocenters. The van der Waals surface area contributed by atoms with Gasteiger partial charge in [0.1, 0.15) is 0 Å². The summed E-state index contributed by atoms with van der Waals surface area (Å²) in [6.45, 7) is 7.49. The summed E-state index contributed by atoms with van der Waals surface area (Å²) in [4.78, 5) is 11.5. The van der Waals surface area contributed by atoms with E-state index in [0.717, 1.165) is 52.5 Å². The Kier molecular flexibility index (Phi) is 5.03. The number of aryl methyl sites for hydroxylation is 2. The van der Waals surface area contributed by atoms with Crippen LogP contribution in [-0.4, -0.2) is 55.0 Å². The van der Waals surface area contributed by atoms with Gasteiger partial charge in [-0.25, -0.2) is 4.98 Å². The topological polar surface area (TPSA) is 72.9 Å². The molecule has 0 radical (unpaired) electrons. The maximum atomic E-state index is 5.47. The molecule has 1 aliphatic heterocycles. The number of pyridine rings is 1. The van der Waals surface area contributed by atoms with Gasteiger partial charge in [0, 0.05) is 42.4 Å². The molecule has 1 saturated heterocycles. The van der Waals surface area contributed by atoms with E-state index in [1.165, 1.54) is 36.9 Å². The zero-order chi connectivity index (χ0) is 22.6. The summed E-state index contributed by atoms with van der Waals surface area (Å²) < 4.78 is 7.47. The van der Waals surface area contributed by atoms with Crippen LogP contribution < -0.4 is 0 Å². The fourth-order valence-corrected chi connectivity index (χ4v) is 6.18. The SMILES string of the molecule is Cc1ccc2cc(C34CC3CN(CCCSc3nnc(-c5ocnc5C)n3C)C4)ccc2n1. The molecule has 7 nitrogen and oxygen atoms in total. The smallest absolute Gasteiger partial charge is 0.202 e. The normalized spacial score (nSPS) is 22.2. The molecule has 0 N–H and O–H groups in total. The van der Waals surface area contributed by atoms with Crippen LogP contribution >= 0.6 is 11.8 Å². The van der Waals surface area contributed by atoms with Crippen LogP contribution in [0.4, 0.5) is 0 Å². The van der Waals surface area contributed by atoms with Crippen LogP contribution in [0.25, 0.3) is 22.5 Å². The van der Waals surface area contributed by atoms with E-state index in [1.807, 2.05) is 18.5 Å². The van der Waals surface area contributed by atoms with E-state index in [1.54, 1.807) is 11.8 Å². The molecule has 8 heteroatoms. The molecule has 1 aromatic carbocycles. The van der Waals surface area contributed by atoms with Gasteiger partial charge in [-0.2, -0.15) is 0 Å². The molecule has 0 amide bonds. The predicted octanol–water partition coefficient (Wildman–Crippen LogP) is 4.39. The van der Waals surface area contributed by atoms with Gasteiger partial charge in [0.05, 0.1) is 11.2 Å². The number of hydrogen-bond donors (Lipinski definition) is 0. The summed E-state index contributed by atoms with van der Waals surface area (Å²) in [7, 11) is 1.98. The van der Waals surface area contributed by atoms with E-state index in [0.29, 0.717) is 11.2 Å². The average Bonchev–Trinajstić information content (AvgIpc) is 3.10. The van der Waals surface area contributed by atoms with E-state index in [2.05, 4.69) is 62.3 Å². The first-order valence-corrected chi connectivity index (χ1v) is 12.5. The quantitative estimate of drug-likeness (QED) is 0.299. The number of fused-ring (bicyclic) bond motifs is 2. The van der Waals surface area contributed by atoms with Gasteiger partial charge in [0.25, 0.3) is 0 Å². The molecule has 2 fully saturated rings. The molecule has 170 valence electrons. The molecule has 0 bridgehead atoms.